The van der Waals surface area contributed by atoms with E-state index >= 15 is 0 Å². The van der Waals surface area contributed by atoms with Crippen molar-refractivity contribution in [1.29, 1.82) is 0 Å². The van der Waals surface area contributed by atoms with E-state index in [2.05, 4.69) is 0 Å². The highest BCUT2D eigenvalue weighted by Gasteiger charge is 2.05. The molecular formula is C9H12ClNO. The number of hydrogen-bond donors (Lipinski definition) is 1. The predicted molar refractivity (Wildman–Crippen MR) is 50.6 cm³/mol. The monoisotopic (exact) mass is 185 g/mol. The molecule has 0 aliphatic carbocycles. The summed E-state index contributed by atoms with van der Waals surface area (Å²) in [6.07, 6.45) is 0. The lowest BCUT2D eigenvalue weighted by molar-refractivity contribution is 0.414. The Morgan fingerprint density at radius 2 is 2.17 bits per heavy atom. The quantitative estimate of drug-likeness (QED) is 0.768. The van der Waals surface area contributed by atoms with Crippen LogP contribution in [0.25, 0.3) is 0 Å². The molecule has 0 aromatic heterocycles. The zero-order valence-electron chi connectivity index (χ0n) is 7.17. The standard InChI is InChI=1S/C9H12ClNO/c1-6(11)8-5-7(12-2)3-4-9(8)10/h3-6H,11H2,1-2H3/t6-/m1/s1. The van der Waals surface area contributed by atoms with Crippen molar-refractivity contribution < 1.29 is 4.74 Å². The van der Waals surface area contributed by atoms with Crippen LogP contribution in [0.3, 0.4) is 0 Å². The van der Waals surface area contributed by atoms with Crippen LogP contribution in [0.15, 0.2) is 18.2 Å². The highest BCUT2D eigenvalue weighted by atomic mass is 35.5. The van der Waals surface area contributed by atoms with Crippen molar-refractivity contribution >= 4 is 11.6 Å². The lowest BCUT2D eigenvalue weighted by Crippen LogP contribution is -2.05. The van der Waals surface area contributed by atoms with Crippen LogP contribution in [0, 0.1) is 0 Å². The van der Waals surface area contributed by atoms with Crippen molar-refractivity contribution in [3.05, 3.63) is 28.8 Å². The van der Waals surface area contributed by atoms with E-state index in [4.69, 9.17) is 22.1 Å². The van der Waals surface area contributed by atoms with Crippen molar-refractivity contribution in [2.45, 2.75) is 13.0 Å². The Bertz CT molecular complexity index is 273. The number of rotatable bonds is 2. The molecule has 3 heteroatoms. The average molecular weight is 186 g/mol. The molecule has 0 aliphatic heterocycles. The summed E-state index contributed by atoms with van der Waals surface area (Å²) in [6, 6.07) is 5.40. The maximum atomic E-state index is 5.91. The van der Waals surface area contributed by atoms with Crippen molar-refractivity contribution in [2.24, 2.45) is 5.73 Å². The van der Waals surface area contributed by atoms with Gasteiger partial charge in [0.1, 0.15) is 5.75 Å². The Labute approximate surface area is 77.3 Å². The minimum atomic E-state index is -0.0624. The first-order valence-electron chi connectivity index (χ1n) is 3.74. The highest BCUT2D eigenvalue weighted by Crippen LogP contribution is 2.25. The van der Waals surface area contributed by atoms with Crippen LogP contribution in [0.2, 0.25) is 5.02 Å². The predicted octanol–water partition coefficient (Wildman–Crippen LogP) is 2.37. The summed E-state index contributed by atoms with van der Waals surface area (Å²) in [5, 5.41) is 0.686. The largest absolute Gasteiger partial charge is 0.497 e. The van der Waals surface area contributed by atoms with E-state index < -0.39 is 0 Å². The molecule has 66 valence electrons. The van der Waals surface area contributed by atoms with Gasteiger partial charge in [0.15, 0.2) is 0 Å². The van der Waals surface area contributed by atoms with Crippen LogP contribution in [0.1, 0.15) is 18.5 Å². The van der Waals surface area contributed by atoms with Gasteiger partial charge in [0.25, 0.3) is 0 Å². The van der Waals surface area contributed by atoms with Crippen LogP contribution in [-0.4, -0.2) is 7.11 Å². The molecule has 0 fully saturated rings. The third-order valence-corrected chi connectivity index (χ3v) is 2.04. The zero-order chi connectivity index (χ0) is 9.14. The molecular weight excluding hydrogens is 174 g/mol. The minimum Gasteiger partial charge on any atom is -0.497 e. The smallest absolute Gasteiger partial charge is 0.119 e. The molecule has 0 amide bonds. The number of ether oxygens (including phenoxy) is 1. The van der Waals surface area contributed by atoms with Gasteiger partial charge in [-0.25, -0.2) is 0 Å². The van der Waals surface area contributed by atoms with Crippen molar-refractivity contribution in [1.82, 2.24) is 0 Å². The number of nitrogens with two attached hydrogens (primary N) is 1. The summed E-state index contributed by atoms with van der Waals surface area (Å²) in [7, 11) is 1.62. The van der Waals surface area contributed by atoms with E-state index in [9.17, 15) is 0 Å². The second kappa shape index (κ2) is 3.78. The molecule has 0 bridgehead atoms. The molecule has 0 saturated heterocycles. The van der Waals surface area contributed by atoms with E-state index in [0.29, 0.717) is 5.02 Å². The molecule has 1 aromatic carbocycles. The molecule has 0 aliphatic rings. The lowest BCUT2D eigenvalue weighted by Gasteiger charge is -2.09. The maximum Gasteiger partial charge on any atom is 0.119 e. The van der Waals surface area contributed by atoms with Crippen LogP contribution in [-0.2, 0) is 0 Å². The molecule has 0 unspecified atom stereocenters. The second-order valence-corrected chi connectivity index (χ2v) is 3.08. The van der Waals surface area contributed by atoms with Gasteiger partial charge in [-0.15, -0.1) is 0 Å². The SMILES string of the molecule is COc1ccc(Cl)c([C@@H](C)N)c1. The van der Waals surface area contributed by atoms with Crippen molar-refractivity contribution in [3.63, 3.8) is 0 Å². The van der Waals surface area contributed by atoms with Crippen molar-refractivity contribution in [3.8, 4) is 5.75 Å². The Kier molecular flexibility index (Phi) is 2.95. The molecule has 0 spiro atoms. The lowest BCUT2D eigenvalue weighted by atomic mass is 10.1. The van der Waals surface area contributed by atoms with Crippen LogP contribution < -0.4 is 10.5 Å². The maximum absolute atomic E-state index is 5.91. The second-order valence-electron chi connectivity index (χ2n) is 2.68. The minimum absolute atomic E-state index is 0.0624. The van der Waals surface area contributed by atoms with E-state index in [0.717, 1.165) is 11.3 Å². The first-order chi connectivity index (χ1) is 5.65. The van der Waals surface area contributed by atoms with Gasteiger partial charge in [-0.3, -0.25) is 0 Å². The third kappa shape index (κ3) is 1.90. The Morgan fingerprint density at radius 3 is 2.67 bits per heavy atom. The Balaban J connectivity index is 3.08. The number of benzene rings is 1. The number of hydrogen-bond acceptors (Lipinski definition) is 2. The molecule has 12 heavy (non-hydrogen) atoms. The fraction of sp³-hybridized carbons (Fsp3) is 0.333. The van der Waals surface area contributed by atoms with E-state index in [1.807, 2.05) is 19.1 Å². The molecule has 2 N–H and O–H groups in total. The van der Waals surface area contributed by atoms with Gasteiger partial charge in [0.05, 0.1) is 7.11 Å². The van der Waals surface area contributed by atoms with Gasteiger partial charge in [0.2, 0.25) is 0 Å². The highest BCUT2D eigenvalue weighted by molar-refractivity contribution is 6.31. The topological polar surface area (TPSA) is 35.2 Å². The molecule has 2 nitrogen and oxygen atoms in total. The summed E-state index contributed by atoms with van der Waals surface area (Å²) in [5.41, 5.74) is 6.61. The molecule has 1 aromatic rings. The fourth-order valence-corrected chi connectivity index (χ4v) is 1.29. The average Bonchev–Trinajstić information content (AvgIpc) is 2.05. The first-order valence-corrected chi connectivity index (χ1v) is 4.12. The zero-order valence-corrected chi connectivity index (χ0v) is 7.93. The van der Waals surface area contributed by atoms with Crippen LogP contribution >= 0.6 is 11.6 Å². The normalized spacial score (nSPS) is 12.7. The molecule has 0 radical (unpaired) electrons. The summed E-state index contributed by atoms with van der Waals surface area (Å²) >= 11 is 5.91. The van der Waals surface area contributed by atoms with Gasteiger partial charge < -0.3 is 10.5 Å². The third-order valence-electron chi connectivity index (χ3n) is 1.69. The fourth-order valence-electron chi connectivity index (χ4n) is 0.998. The Hall–Kier alpha value is -0.730. The van der Waals surface area contributed by atoms with Crippen molar-refractivity contribution in [2.75, 3.05) is 7.11 Å². The number of methoxy groups -OCH3 is 1. The van der Waals surface area contributed by atoms with Gasteiger partial charge in [-0.05, 0) is 30.7 Å². The van der Waals surface area contributed by atoms with Crippen LogP contribution in [0.5, 0.6) is 5.75 Å². The summed E-state index contributed by atoms with van der Waals surface area (Å²) in [6.45, 7) is 1.89. The van der Waals surface area contributed by atoms with E-state index in [1.165, 1.54) is 0 Å². The Morgan fingerprint density at radius 1 is 1.50 bits per heavy atom. The van der Waals surface area contributed by atoms with E-state index in [-0.39, 0.29) is 6.04 Å². The van der Waals surface area contributed by atoms with Gasteiger partial charge in [-0.2, -0.15) is 0 Å². The molecule has 1 rings (SSSR count). The van der Waals surface area contributed by atoms with Crippen LogP contribution in [0.4, 0.5) is 0 Å². The molecule has 0 heterocycles. The summed E-state index contributed by atoms with van der Waals surface area (Å²) < 4.78 is 5.05. The van der Waals surface area contributed by atoms with Gasteiger partial charge >= 0.3 is 0 Å². The summed E-state index contributed by atoms with van der Waals surface area (Å²) in [4.78, 5) is 0. The molecule has 0 saturated carbocycles. The molecule has 1 atom stereocenters. The number of halogens is 1. The van der Waals surface area contributed by atoms with Gasteiger partial charge in [-0.1, -0.05) is 11.6 Å². The summed E-state index contributed by atoms with van der Waals surface area (Å²) in [5.74, 6) is 0.784. The first kappa shape index (κ1) is 9.36. The van der Waals surface area contributed by atoms with E-state index in [1.54, 1.807) is 13.2 Å². The van der Waals surface area contributed by atoms with Gasteiger partial charge in [0, 0.05) is 11.1 Å².